The van der Waals surface area contributed by atoms with Crippen molar-refractivity contribution in [2.75, 3.05) is 18.1 Å². The van der Waals surface area contributed by atoms with Gasteiger partial charge in [0.15, 0.2) is 12.4 Å². The molecule has 0 fully saturated rings. The number of anilines is 1. The quantitative estimate of drug-likeness (QED) is 0.424. The molecule has 6 nitrogen and oxygen atoms in total. The van der Waals surface area contributed by atoms with E-state index in [2.05, 4.69) is 0 Å². The van der Waals surface area contributed by atoms with E-state index in [0.29, 0.717) is 29.1 Å². The van der Waals surface area contributed by atoms with Crippen molar-refractivity contribution in [2.45, 2.75) is 13.8 Å². The van der Waals surface area contributed by atoms with E-state index in [0.717, 1.165) is 0 Å². The minimum atomic E-state index is -0.773. The van der Waals surface area contributed by atoms with Crippen molar-refractivity contribution in [1.82, 2.24) is 0 Å². The first kappa shape index (κ1) is 21.0. The molecule has 1 amide bonds. The van der Waals surface area contributed by atoms with Gasteiger partial charge in [-0.05, 0) is 50.2 Å². The van der Waals surface area contributed by atoms with Gasteiger partial charge in [-0.15, -0.1) is 0 Å². The predicted octanol–water partition coefficient (Wildman–Crippen LogP) is 4.50. The summed E-state index contributed by atoms with van der Waals surface area (Å²) < 4.78 is 23.7. The number of ether oxygens (including phenoxy) is 1. The third kappa shape index (κ3) is 4.81. The van der Waals surface area contributed by atoms with Gasteiger partial charge < -0.3 is 14.1 Å². The number of carbonyl (C=O) groups excluding carboxylic acids is 3. The second kappa shape index (κ2) is 9.17. The number of nitrogens with zero attached hydrogens (tertiary/aromatic N) is 1. The molecule has 3 aromatic rings. The molecule has 2 aromatic carbocycles. The van der Waals surface area contributed by atoms with Crippen LogP contribution in [0.15, 0.2) is 65.1 Å². The maximum absolute atomic E-state index is 13.1. The van der Waals surface area contributed by atoms with Crippen molar-refractivity contribution in [3.05, 3.63) is 77.8 Å². The second-order valence-corrected chi connectivity index (χ2v) is 6.49. The molecule has 0 aliphatic rings. The zero-order chi connectivity index (χ0) is 21.7. The standard InChI is InChI=1S/C23H20FNO5/c1-3-25(19-10-8-18(24)9-11-19)22(27)14-29-23(28)21-13-12-20(30-21)17-6-4-16(5-7-17)15(2)26/h4-13H,3,14H2,1-2H3. The van der Waals surface area contributed by atoms with Gasteiger partial charge in [0.1, 0.15) is 11.6 Å². The summed E-state index contributed by atoms with van der Waals surface area (Å²) >= 11 is 0. The number of rotatable bonds is 7. The molecule has 0 aliphatic carbocycles. The van der Waals surface area contributed by atoms with E-state index < -0.39 is 24.3 Å². The third-order valence-electron chi connectivity index (χ3n) is 4.47. The molecule has 0 bridgehead atoms. The minimum Gasteiger partial charge on any atom is -0.450 e. The summed E-state index contributed by atoms with van der Waals surface area (Å²) in [5.41, 5.74) is 1.78. The number of likely N-dealkylation sites (N-methyl/N-ethyl adjacent to an activating group) is 1. The van der Waals surface area contributed by atoms with Crippen LogP contribution in [0.25, 0.3) is 11.3 Å². The number of Topliss-reactive ketones (excluding diaryl/α,β-unsaturated/α-hetero) is 1. The maximum atomic E-state index is 13.1. The lowest BCUT2D eigenvalue weighted by Gasteiger charge is -2.20. The van der Waals surface area contributed by atoms with Crippen LogP contribution in [0.1, 0.15) is 34.8 Å². The number of amides is 1. The molecule has 0 atom stereocenters. The van der Waals surface area contributed by atoms with Crippen molar-refractivity contribution in [3.8, 4) is 11.3 Å². The minimum absolute atomic E-state index is 0.0433. The largest absolute Gasteiger partial charge is 0.450 e. The number of halogens is 1. The predicted molar refractivity (Wildman–Crippen MR) is 109 cm³/mol. The van der Waals surface area contributed by atoms with Crippen LogP contribution in [0.5, 0.6) is 0 Å². The van der Waals surface area contributed by atoms with E-state index in [9.17, 15) is 18.8 Å². The Bertz CT molecular complexity index is 1050. The zero-order valence-electron chi connectivity index (χ0n) is 16.6. The number of carbonyl (C=O) groups is 3. The molecule has 30 heavy (non-hydrogen) atoms. The summed E-state index contributed by atoms with van der Waals surface area (Å²) in [6.07, 6.45) is 0. The average molecular weight is 409 g/mol. The number of furan rings is 1. The SMILES string of the molecule is CCN(C(=O)COC(=O)c1ccc(-c2ccc(C(C)=O)cc2)o1)c1ccc(F)cc1. The lowest BCUT2D eigenvalue weighted by atomic mass is 10.1. The van der Waals surface area contributed by atoms with Crippen LogP contribution in [-0.4, -0.2) is 30.8 Å². The highest BCUT2D eigenvalue weighted by molar-refractivity contribution is 5.96. The molecule has 0 aliphatic heterocycles. The molecule has 1 aromatic heterocycles. The second-order valence-electron chi connectivity index (χ2n) is 6.49. The summed E-state index contributed by atoms with van der Waals surface area (Å²) in [4.78, 5) is 37.4. The van der Waals surface area contributed by atoms with Gasteiger partial charge in [-0.2, -0.15) is 0 Å². The molecule has 0 saturated carbocycles. The third-order valence-corrected chi connectivity index (χ3v) is 4.47. The monoisotopic (exact) mass is 409 g/mol. The number of ketones is 1. The van der Waals surface area contributed by atoms with Crippen LogP contribution < -0.4 is 4.90 Å². The van der Waals surface area contributed by atoms with Crippen LogP contribution >= 0.6 is 0 Å². The highest BCUT2D eigenvalue weighted by atomic mass is 19.1. The smallest absolute Gasteiger partial charge is 0.374 e. The van der Waals surface area contributed by atoms with E-state index in [-0.39, 0.29) is 11.5 Å². The molecule has 0 spiro atoms. The summed E-state index contributed by atoms with van der Waals surface area (Å²) in [6.45, 7) is 3.10. The number of esters is 1. The molecular formula is C23H20FNO5. The normalized spacial score (nSPS) is 10.5. The van der Waals surface area contributed by atoms with Gasteiger partial charge in [0.2, 0.25) is 5.76 Å². The Hall–Kier alpha value is -3.74. The first-order valence-corrected chi connectivity index (χ1v) is 9.33. The Balaban J connectivity index is 1.63. The molecule has 0 saturated heterocycles. The van der Waals surface area contributed by atoms with Gasteiger partial charge >= 0.3 is 5.97 Å². The van der Waals surface area contributed by atoms with Crippen molar-refractivity contribution in [1.29, 1.82) is 0 Å². The maximum Gasteiger partial charge on any atom is 0.374 e. The highest BCUT2D eigenvalue weighted by Gasteiger charge is 2.19. The lowest BCUT2D eigenvalue weighted by molar-refractivity contribution is -0.121. The number of hydrogen-bond acceptors (Lipinski definition) is 5. The fourth-order valence-corrected chi connectivity index (χ4v) is 2.87. The van der Waals surface area contributed by atoms with Gasteiger partial charge in [0.05, 0.1) is 0 Å². The Kier molecular flexibility index (Phi) is 6.41. The van der Waals surface area contributed by atoms with Crippen LogP contribution in [0, 0.1) is 5.82 Å². The fraction of sp³-hybridized carbons (Fsp3) is 0.174. The van der Waals surface area contributed by atoms with Gasteiger partial charge in [0.25, 0.3) is 5.91 Å². The topological polar surface area (TPSA) is 76.8 Å². The van der Waals surface area contributed by atoms with Crippen LogP contribution in [0.2, 0.25) is 0 Å². The van der Waals surface area contributed by atoms with Crippen molar-refractivity contribution in [2.24, 2.45) is 0 Å². The van der Waals surface area contributed by atoms with E-state index in [4.69, 9.17) is 9.15 Å². The molecule has 1 heterocycles. The first-order chi connectivity index (χ1) is 14.4. The van der Waals surface area contributed by atoms with Crippen molar-refractivity contribution < 1.29 is 27.9 Å². The Morgan fingerprint density at radius 2 is 1.63 bits per heavy atom. The molecule has 0 unspecified atom stereocenters. The Morgan fingerprint density at radius 1 is 0.967 bits per heavy atom. The van der Waals surface area contributed by atoms with E-state index in [1.165, 1.54) is 42.2 Å². The van der Waals surface area contributed by atoms with Crippen LogP contribution in [-0.2, 0) is 9.53 Å². The van der Waals surface area contributed by atoms with Crippen molar-refractivity contribution in [3.63, 3.8) is 0 Å². The molecular weight excluding hydrogens is 389 g/mol. The molecule has 3 rings (SSSR count). The van der Waals surface area contributed by atoms with Crippen LogP contribution in [0.3, 0.4) is 0 Å². The zero-order valence-corrected chi connectivity index (χ0v) is 16.6. The van der Waals surface area contributed by atoms with Gasteiger partial charge in [-0.25, -0.2) is 9.18 Å². The average Bonchev–Trinajstić information content (AvgIpc) is 3.24. The van der Waals surface area contributed by atoms with E-state index in [1.54, 1.807) is 37.3 Å². The van der Waals surface area contributed by atoms with Crippen LogP contribution in [0.4, 0.5) is 10.1 Å². The summed E-state index contributed by atoms with van der Waals surface area (Å²) in [5, 5.41) is 0. The Labute approximate surface area is 172 Å². The fourth-order valence-electron chi connectivity index (χ4n) is 2.87. The summed E-state index contributed by atoms with van der Waals surface area (Å²) in [7, 11) is 0. The van der Waals surface area contributed by atoms with E-state index in [1.807, 2.05) is 0 Å². The van der Waals surface area contributed by atoms with Gasteiger partial charge in [-0.1, -0.05) is 24.3 Å². The summed E-state index contributed by atoms with van der Waals surface area (Å²) in [5.74, 6) is -1.27. The number of hydrogen-bond donors (Lipinski definition) is 0. The first-order valence-electron chi connectivity index (χ1n) is 9.33. The number of benzene rings is 2. The molecule has 7 heteroatoms. The highest BCUT2D eigenvalue weighted by Crippen LogP contribution is 2.23. The summed E-state index contributed by atoms with van der Waals surface area (Å²) in [6, 6.07) is 15.3. The van der Waals surface area contributed by atoms with E-state index >= 15 is 0 Å². The molecule has 0 N–H and O–H groups in total. The lowest BCUT2D eigenvalue weighted by Crippen LogP contribution is -2.34. The van der Waals surface area contributed by atoms with Gasteiger partial charge in [-0.3, -0.25) is 9.59 Å². The Morgan fingerprint density at radius 3 is 2.23 bits per heavy atom. The molecule has 154 valence electrons. The van der Waals surface area contributed by atoms with Gasteiger partial charge in [0, 0.05) is 23.4 Å². The van der Waals surface area contributed by atoms with Crippen molar-refractivity contribution >= 4 is 23.3 Å². The molecule has 0 radical (unpaired) electrons.